The van der Waals surface area contributed by atoms with E-state index < -0.39 is 23.3 Å². The molecule has 0 aromatic heterocycles. The summed E-state index contributed by atoms with van der Waals surface area (Å²) in [5.41, 5.74) is -1.41. The van der Waals surface area contributed by atoms with Crippen LogP contribution in [-0.4, -0.2) is 17.7 Å². The van der Waals surface area contributed by atoms with E-state index in [2.05, 4.69) is 13.5 Å². The Labute approximate surface area is 116 Å². The van der Waals surface area contributed by atoms with Crippen LogP contribution in [0.15, 0.2) is 23.8 Å². The van der Waals surface area contributed by atoms with Gasteiger partial charge in [-0.15, -0.1) is 0 Å². The summed E-state index contributed by atoms with van der Waals surface area (Å²) < 4.78 is 42.6. The highest BCUT2D eigenvalue weighted by Crippen LogP contribution is 2.45. The van der Waals surface area contributed by atoms with Gasteiger partial charge in [0.1, 0.15) is 11.2 Å². The maximum Gasteiger partial charge on any atom is 0.422 e. The summed E-state index contributed by atoms with van der Waals surface area (Å²) in [7, 11) is 0. The number of esters is 1. The Bertz CT molecular complexity index is 464. The summed E-state index contributed by atoms with van der Waals surface area (Å²) in [6, 6.07) is 0. The molecule has 112 valence electrons. The second kappa shape index (κ2) is 4.93. The molecule has 2 aliphatic rings. The van der Waals surface area contributed by atoms with Gasteiger partial charge in [0, 0.05) is 0 Å². The van der Waals surface area contributed by atoms with Gasteiger partial charge in [0.25, 0.3) is 0 Å². The van der Waals surface area contributed by atoms with Crippen LogP contribution in [-0.2, 0) is 9.53 Å². The van der Waals surface area contributed by atoms with Crippen molar-refractivity contribution in [2.24, 2.45) is 11.8 Å². The van der Waals surface area contributed by atoms with Crippen LogP contribution in [0.5, 0.6) is 0 Å². The monoisotopic (exact) mass is 288 g/mol. The standard InChI is InChI=1S/C15H19F3O2/c1-9-6-11-4-5-14(3,12(7-9)8-11)20-13(19)10(2)15(16,17)18/h7,9,11H,2,4-6,8H2,1,3H3. The van der Waals surface area contributed by atoms with Crippen LogP contribution in [0.1, 0.15) is 39.5 Å². The lowest BCUT2D eigenvalue weighted by atomic mass is 9.68. The van der Waals surface area contributed by atoms with Crippen LogP contribution in [0.4, 0.5) is 13.2 Å². The number of fused-ring (bicyclic) bond motifs is 2. The minimum Gasteiger partial charge on any atom is -0.451 e. The Kier molecular flexibility index (Phi) is 3.73. The molecule has 0 aromatic carbocycles. The van der Waals surface area contributed by atoms with E-state index in [0.717, 1.165) is 24.8 Å². The van der Waals surface area contributed by atoms with Crippen molar-refractivity contribution in [1.82, 2.24) is 0 Å². The van der Waals surface area contributed by atoms with Gasteiger partial charge in [0.05, 0.1) is 0 Å². The lowest BCUT2D eigenvalue weighted by Gasteiger charge is -2.43. The average Bonchev–Trinajstić information content (AvgIpc) is 2.32. The minimum atomic E-state index is -4.74. The maximum atomic E-state index is 12.5. The van der Waals surface area contributed by atoms with Gasteiger partial charge >= 0.3 is 12.1 Å². The molecule has 2 aliphatic carbocycles. The fourth-order valence-electron chi connectivity index (χ4n) is 3.15. The lowest BCUT2D eigenvalue weighted by Crippen LogP contribution is -2.41. The van der Waals surface area contributed by atoms with E-state index in [1.165, 1.54) is 0 Å². The molecule has 0 aromatic rings. The first-order valence-corrected chi connectivity index (χ1v) is 6.82. The van der Waals surface area contributed by atoms with Crippen molar-refractivity contribution in [2.75, 3.05) is 0 Å². The molecule has 0 spiro atoms. The highest BCUT2D eigenvalue weighted by atomic mass is 19.4. The van der Waals surface area contributed by atoms with Crippen LogP contribution in [0.3, 0.4) is 0 Å². The van der Waals surface area contributed by atoms with Crippen LogP contribution in [0, 0.1) is 11.8 Å². The van der Waals surface area contributed by atoms with Crippen LogP contribution in [0.25, 0.3) is 0 Å². The molecule has 5 heteroatoms. The summed E-state index contributed by atoms with van der Waals surface area (Å²) >= 11 is 0. The van der Waals surface area contributed by atoms with E-state index in [-0.39, 0.29) is 0 Å². The lowest BCUT2D eigenvalue weighted by molar-refractivity contribution is -0.162. The molecule has 3 atom stereocenters. The number of carbonyl (C=O) groups excluding carboxylic acids is 1. The molecule has 20 heavy (non-hydrogen) atoms. The number of allylic oxidation sites excluding steroid dienone is 1. The minimum absolute atomic E-state index is 0.382. The first-order chi connectivity index (χ1) is 9.12. The highest BCUT2D eigenvalue weighted by molar-refractivity contribution is 5.89. The molecular formula is C15H19F3O2. The summed E-state index contributed by atoms with van der Waals surface area (Å²) in [4.78, 5) is 11.6. The van der Waals surface area contributed by atoms with Crippen LogP contribution in [0.2, 0.25) is 0 Å². The smallest absolute Gasteiger partial charge is 0.422 e. The number of rotatable bonds is 2. The van der Waals surface area contributed by atoms with Gasteiger partial charge in [-0.2, -0.15) is 13.2 Å². The molecule has 0 radical (unpaired) electrons. The van der Waals surface area contributed by atoms with E-state index in [4.69, 9.17) is 4.74 Å². The number of ether oxygens (including phenoxy) is 1. The summed E-state index contributed by atoms with van der Waals surface area (Å²) in [5.74, 6) is -0.423. The van der Waals surface area contributed by atoms with Gasteiger partial charge < -0.3 is 4.74 Å². The summed E-state index contributed by atoms with van der Waals surface area (Å²) in [5, 5.41) is 0. The number of carbonyl (C=O) groups is 1. The van der Waals surface area contributed by atoms with Gasteiger partial charge in [-0.1, -0.05) is 19.6 Å². The number of alkyl halides is 3. The Morgan fingerprint density at radius 2 is 2.15 bits per heavy atom. The zero-order valence-corrected chi connectivity index (χ0v) is 11.7. The van der Waals surface area contributed by atoms with E-state index in [1.807, 2.05) is 6.08 Å². The maximum absolute atomic E-state index is 12.5. The first kappa shape index (κ1) is 15.1. The molecule has 2 rings (SSSR count). The van der Waals surface area contributed by atoms with Crippen molar-refractivity contribution in [2.45, 2.75) is 51.3 Å². The first-order valence-electron chi connectivity index (χ1n) is 6.82. The Hall–Kier alpha value is -1.26. The topological polar surface area (TPSA) is 26.3 Å². The fraction of sp³-hybridized carbons (Fsp3) is 0.667. The molecule has 0 N–H and O–H groups in total. The SMILES string of the molecule is C=C(C(=O)OC1(C)CCC2CC1=CC(C)C2)C(F)(F)F. The molecule has 0 saturated heterocycles. The van der Waals surface area contributed by atoms with Crippen molar-refractivity contribution >= 4 is 5.97 Å². The van der Waals surface area contributed by atoms with Gasteiger partial charge in [0.2, 0.25) is 0 Å². The quantitative estimate of drug-likeness (QED) is 0.433. The van der Waals surface area contributed by atoms with Gasteiger partial charge in [-0.25, -0.2) is 4.79 Å². The molecule has 0 aliphatic heterocycles. The van der Waals surface area contributed by atoms with Crippen LogP contribution >= 0.6 is 0 Å². The Morgan fingerprint density at radius 3 is 2.75 bits per heavy atom. The third-order valence-electron chi connectivity index (χ3n) is 4.31. The van der Waals surface area contributed by atoms with Crippen molar-refractivity contribution in [3.8, 4) is 0 Å². The summed E-state index contributed by atoms with van der Waals surface area (Å²) in [6.07, 6.45) is 0.671. The van der Waals surface area contributed by atoms with Crippen molar-refractivity contribution < 1.29 is 22.7 Å². The molecule has 2 bridgehead atoms. The Morgan fingerprint density at radius 1 is 1.50 bits per heavy atom. The van der Waals surface area contributed by atoms with Gasteiger partial charge in [0.15, 0.2) is 0 Å². The molecular weight excluding hydrogens is 269 g/mol. The molecule has 2 nitrogen and oxygen atoms in total. The third-order valence-corrected chi connectivity index (χ3v) is 4.31. The van der Waals surface area contributed by atoms with Gasteiger partial charge in [-0.05, 0) is 50.0 Å². The fourth-order valence-corrected chi connectivity index (χ4v) is 3.15. The number of hydrogen-bond donors (Lipinski definition) is 0. The molecule has 1 fully saturated rings. The zero-order valence-electron chi connectivity index (χ0n) is 11.7. The molecule has 0 amide bonds. The van der Waals surface area contributed by atoms with Crippen molar-refractivity contribution in [1.29, 1.82) is 0 Å². The molecule has 3 unspecified atom stereocenters. The second-order valence-electron chi connectivity index (χ2n) is 6.11. The van der Waals surface area contributed by atoms with Gasteiger partial charge in [-0.3, -0.25) is 0 Å². The Balaban J connectivity index is 2.15. The van der Waals surface area contributed by atoms with E-state index in [9.17, 15) is 18.0 Å². The number of hydrogen-bond acceptors (Lipinski definition) is 2. The summed E-state index contributed by atoms with van der Waals surface area (Å²) in [6.45, 7) is 6.58. The largest absolute Gasteiger partial charge is 0.451 e. The van der Waals surface area contributed by atoms with E-state index >= 15 is 0 Å². The van der Waals surface area contributed by atoms with Crippen molar-refractivity contribution in [3.05, 3.63) is 23.8 Å². The van der Waals surface area contributed by atoms with Crippen molar-refractivity contribution in [3.63, 3.8) is 0 Å². The predicted octanol–water partition coefficient (Wildman–Crippen LogP) is 4.17. The van der Waals surface area contributed by atoms with E-state index in [1.54, 1.807) is 6.92 Å². The van der Waals surface area contributed by atoms with Crippen LogP contribution < -0.4 is 0 Å². The second-order valence-corrected chi connectivity index (χ2v) is 6.11. The highest BCUT2D eigenvalue weighted by Gasteiger charge is 2.45. The zero-order chi connectivity index (χ0) is 15.1. The third kappa shape index (κ3) is 2.91. The molecule has 1 saturated carbocycles. The number of halogens is 3. The normalized spacial score (nSPS) is 33.4. The van der Waals surface area contributed by atoms with E-state index in [0.29, 0.717) is 18.3 Å². The average molecular weight is 288 g/mol. The predicted molar refractivity (Wildman–Crippen MR) is 68.9 cm³/mol. The molecule has 0 heterocycles.